The maximum Gasteiger partial charge on any atom is 0.338 e. The SMILES string of the molecule is Cc1ccc(C(=O)OCCOC(=O)c2ccc(C)c(Br)c2)cc1Br. The molecule has 0 unspecified atom stereocenters. The Bertz CT molecular complexity index is 706. The van der Waals surface area contributed by atoms with E-state index in [-0.39, 0.29) is 13.2 Å². The molecule has 0 radical (unpaired) electrons. The molecule has 24 heavy (non-hydrogen) atoms. The van der Waals surface area contributed by atoms with Gasteiger partial charge in [0, 0.05) is 8.95 Å². The summed E-state index contributed by atoms with van der Waals surface area (Å²) in [6.07, 6.45) is 0. The molecule has 0 amide bonds. The van der Waals surface area contributed by atoms with Crippen LogP contribution in [-0.4, -0.2) is 25.2 Å². The lowest BCUT2D eigenvalue weighted by Crippen LogP contribution is -2.14. The largest absolute Gasteiger partial charge is 0.458 e. The predicted molar refractivity (Wildman–Crippen MR) is 98.3 cm³/mol. The van der Waals surface area contributed by atoms with E-state index in [1.807, 2.05) is 26.0 Å². The van der Waals surface area contributed by atoms with Gasteiger partial charge in [0.15, 0.2) is 0 Å². The minimum atomic E-state index is -0.454. The van der Waals surface area contributed by atoms with Crippen LogP contribution in [0.5, 0.6) is 0 Å². The number of rotatable bonds is 5. The van der Waals surface area contributed by atoms with E-state index >= 15 is 0 Å². The third-order valence-electron chi connectivity index (χ3n) is 3.36. The fourth-order valence-corrected chi connectivity index (χ4v) is 2.63. The third kappa shape index (κ3) is 4.92. The number of aryl methyl sites for hydroxylation is 2. The molecule has 0 N–H and O–H groups in total. The van der Waals surface area contributed by atoms with Gasteiger partial charge in [-0.1, -0.05) is 44.0 Å². The average molecular weight is 456 g/mol. The molecule has 0 aliphatic heterocycles. The number of hydrogen-bond acceptors (Lipinski definition) is 4. The zero-order valence-corrected chi connectivity index (χ0v) is 16.4. The highest BCUT2D eigenvalue weighted by molar-refractivity contribution is 9.10. The van der Waals surface area contributed by atoms with Crippen molar-refractivity contribution >= 4 is 43.8 Å². The van der Waals surface area contributed by atoms with Gasteiger partial charge in [-0.15, -0.1) is 0 Å². The Morgan fingerprint density at radius 3 is 1.50 bits per heavy atom. The van der Waals surface area contributed by atoms with Gasteiger partial charge < -0.3 is 9.47 Å². The van der Waals surface area contributed by atoms with Crippen molar-refractivity contribution in [2.24, 2.45) is 0 Å². The zero-order valence-electron chi connectivity index (χ0n) is 13.3. The smallest absolute Gasteiger partial charge is 0.338 e. The minimum absolute atomic E-state index is 0.00308. The van der Waals surface area contributed by atoms with E-state index in [1.165, 1.54) is 0 Å². The summed E-state index contributed by atoms with van der Waals surface area (Å²) in [5.74, 6) is -0.908. The second kappa shape index (κ2) is 8.44. The molecule has 126 valence electrons. The maximum atomic E-state index is 11.9. The van der Waals surface area contributed by atoms with E-state index in [1.54, 1.807) is 24.3 Å². The monoisotopic (exact) mass is 454 g/mol. The van der Waals surface area contributed by atoms with Crippen molar-refractivity contribution in [3.63, 3.8) is 0 Å². The molecule has 2 aromatic carbocycles. The molecular formula is C18H16Br2O4. The second-order valence-electron chi connectivity index (χ2n) is 5.20. The Balaban J connectivity index is 1.81. The van der Waals surface area contributed by atoms with Crippen LogP contribution in [0.25, 0.3) is 0 Å². The fourth-order valence-electron chi connectivity index (χ4n) is 1.88. The van der Waals surface area contributed by atoms with Crippen LogP contribution >= 0.6 is 31.9 Å². The molecule has 0 aliphatic carbocycles. The molecule has 0 spiro atoms. The highest BCUT2D eigenvalue weighted by atomic mass is 79.9. The van der Waals surface area contributed by atoms with Crippen molar-refractivity contribution in [3.05, 3.63) is 67.6 Å². The Morgan fingerprint density at radius 2 is 1.17 bits per heavy atom. The Labute approximate surface area is 157 Å². The van der Waals surface area contributed by atoms with Gasteiger partial charge in [0.2, 0.25) is 0 Å². The molecule has 4 nitrogen and oxygen atoms in total. The molecule has 2 aromatic rings. The molecule has 0 bridgehead atoms. The molecular weight excluding hydrogens is 440 g/mol. The van der Waals surface area contributed by atoms with Gasteiger partial charge in [-0.05, 0) is 49.2 Å². The summed E-state index contributed by atoms with van der Waals surface area (Å²) in [5.41, 5.74) is 2.96. The molecule has 2 rings (SSSR count). The normalized spacial score (nSPS) is 10.3. The van der Waals surface area contributed by atoms with E-state index in [0.29, 0.717) is 11.1 Å². The summed E-state index contributed by atoms with van der Waals surface area (Å²) in [6, 6.07) is 10.4. The Kier molecular flexibility index (Phi) is 6.57. The molecule has 0 saturated carbocycles. The van der Waals surface area contributed by atoms with Crippen molar-refractivity contribution in [3.8, 4) is 0 Å². The van der Waals surface area contributed by atoms with Crippen LogP contribution < -0.4 is 0 Å². The first-order chi connectivity index (χ1) is 11.4. The summed E-state index contributed by atoms with van der Waals surface area (Å²) in [4.78, 5) is 23.8. The van der Waals surface area contributed by atoms with Crippen molar-refractivity contribution in [1.29, 1.82) is 0 Å². The maximum absolute atomic E-state index is 11.9. The van der Waals surface area contributed by atoms with Gasteiger partial charge in [-0.25, -0.2) is 9.59 Å². The number of esters is 2. The standard InChI is InChI=1S/C18H16Br2O4/c1-11-3-5-13(9-15(11)19)17(21)23-7-8-24-18(22)14-6-4-12(2)16(20)10-14/h3-6,9-10H,7-8H2,1-2H3. The average Bonchev–Trinajstić information content (AvgIpc) is 2.56. The predicted octanol–water partition coefficient (Wildman–Crippen LogP) is 4.84. The van der Waals surface area contributed by atoms with Crippen molar-refractivity contribution in [2.75, 3.05) is 13.2 Å². The lowest BCUT2D eigenvalue weighted by atomic mass is 10.1. The van der Waals surface area contributed by atoms with Crippen molar-refractivity contribution in [2.45, 2.75) is 13.8 Å². The van der Waals surface area contributed by atoms with Crippen molar-refractivity contribution < 1.29 is 19.1 Å². The zero-order chi connectivity index (χ0) is 17.7. The van der Waals surface area contributed by atoms with Crippen LogP contribution in [-0.2, 0) is 9.47 Å². The lowest BCUT2D eigenvalue weighted by Gasteiger charge is -2.08. The van der Waals surface area contributed by atoms with E-state index in [9.17, 15) is 9.59 Å². The van der Waals surface area contributed by atoms with Crippen LogP contribution in [0.15, 0.2) is 45.3 Å². The fraction of sp³-hybridized carbons (Fsp3) is 0.222. The van der Waals surface area contributed by atoms with Gasteiger partial charge >= 0.3 is 11.9 Å². The number of carbonyl (C=O) groups is 2. The van der Waals surface area contributed by atoms with Crippen LogP contribution in [0.4, 0.5) is 0 Å². The van der Waals surface area contributed by atoms with Crippen LogP contribution in [0, 0.1) is 13.8 Å². The molecule has 0 heterocycles. The van der Waals surface area contributed by atoms with E-state index < -0.39 is 11.9 Å². The van der Waals surface area contributed by atoms with Gasteiger partial charge in [-0.2, -0.15) is 0 Å². The summed E-state index contributed by atoms with van der Waals surface area (Å²) >= 11 is 6.74. The summed E-state index contributed by atoms with van der Waals surface area (Å²) in [7, 11) is 0. The Morgan fingerprint density at radius 1 is 0.792 bits per heavy atom. The van der Waals surface area contributed by atoms with E-state index in [0.717, 1.165) is 20.1 Å². The number of hydrogen-bond donors (Lipinski definition) is 0. The quantitative estimate of drug-likeness (QED) is 0.478. The van der Waals surface area contributed by atoms with Crippen LogP contribution in [0.3, 0.4) is 0 Å². The van der Waals surface area contributed by atoms with Gasteiger partial charge in [0.1, 0.15) is 13.2 Å². The minimum Gasteiger partial charge on any atom is -0.458 e. The van der Waals surface area contributed by atoms with E-state index in [2.05, 4.69) is 31.9 Å². The molecule has 0 atom stereocenters. The lowest BCUT2D eigenvalue weighted by molar-refractivity contribution is 0.0265. The highest BCUT2D eigenvalue weighted by Crippen LogP contribution is 2.19. The molecule has 0 aromatic heterocycles. The summed E-state index contributed by atoms with van der Waals surface area (Å²) in [5, 5.41) is 0. The number of halogens is 2. The molecule has 6 heteroatoms. The topological polar surface area (TPSA) is 52.6 Å². The van der Waals surface area contributed by atoms with E-state index in [4.69, 9.17) is 9.47 Å². The highest BCUT2D eigenvalue weighted by Gasteiger charge is 2.11. The van der Waals surface area contributed by atoms with Crippen LogP contribution in [0.1, 0.15) is 31.8 Å². The molecule has 0 fully saturated rings. The summed E-state index contributed by atoms with van der Waals surface area (Å²) < 4.78 is 11.9. The third-order valence-corrected chi connectivity index (χ3v) is 5.07. The summed E-state index contributed by atoms with van der Waals surface area (Å²) in [6.45, 7) is 3.87. The number of benzene rings is 2. The van der Waals surface area contributed by atoms with Gasteiger partial charge in [-0.3, -0.25) is 0 Å². The van der Waals surface area contributed by atoms with Gasteiger partial charge in [0.25, 0.3) is 0 Å². The first-order valence-electron chi connectivity index (χ1n) is 7.25. The first-order valence-corrected chi connectivity index (χ1v) is 8.83. The van der Waals surface area contributed by atoms with Crippen LogP contribution in [0.2, 0.25) is 0 Å². The first kappa shape index (κ1) is 18.7. The Hall–Kier alpha value is -1.66. The van der Waals surface area contributed by atoms with Crippen molar-refractivity contribution in [1.82, 2.24) is 0 Å². The number of ether oxygens (including phenoxy) is 2. The molecule has 0 saturated heterocycles. The van der Waals surface area contributed by atoms with Gasteiger partial charge in [0.05, 0.1) is 11.1 Å². The second-order valence-corrected chi connectivity index (χ2v) is 6.91. The number of carbonyl (C=O) groups excluding carboxylic acids is 2. The molecule has 0 aliphatic rings.